The summed E-state index contributed by atoms with van der Waals surface area (Å²) in [6, 6.07) is 9.98. The molecule has 0 N–H and O–H groups in total. The van der Waals surface area contributed by atoms with Crippen LogP contribution in [0.2, 0.25) is 0 Å². The third-order valence-corrected chi connectivity index (χ3v) is 5.47. The number of amides is 1. The van der Waals surface area contributed by atoms with E-state index in [0.29, 0.717) is 12.3 Å². The highest BCUT2D eigenvalue weighted by Crippen LogP contribution is 2.37. The number of oxazole rings is 1. The van der Waals surface area contributed by atoms with Gasteiger partial charge in [0.2, 0.25) is 5.91 Å². The lowest BCUT2D eigenvalue weighted by atomic mass is 10.0. The highest BCUT2D eigenvalue weighted by molar-refractivity contribution is 5.76. The maximum absolute atomic E-state index is 12.4. The zero-order valence-electron chi connectivity index (χ0n) is 14.0. The molecule has 4 nitrogen and oxygen atoms in total. The van der Waals surface area contributed by atoms with E-state index in [0.717, 1.165) is 55.0 Å². The second kappa shape index (κ2) is 6.80. The smallest absolute Gasteiger partial charge is 0.222 e. The molecule has 4 heteroatoms. The fourth-order valence-corrected chi connectivity index (χ4v) is 4.15. The number of fused-ring (bicyclic) bond motifs is 1. The fourth-order valence-electron chi connectivity index (χ4n) is 4.15. The second-order valence-corrected chi connectivity index (χ2v) is 7.09. The number of likely N-dealkylation sites (tertiary alicyclic amines) is 1. The van der Waals surface area contributed by atoms with Gasteiger partial charge in [-0.1, -0.05) is 36.8 Å². The molecule has 1 aliphatic heterocycles. The zero-order chi connectivity index (χ0) is 16.4. The lowest BCUT2D eigenvalue weighted by Gasteiger charge is -2.16. The molecule has 126 valence electrons. The molecule has 1 saturated carbocycles. The number of rotatable bonds is 5. The van der Waals surface area contributed by atoms with E-state index >= 15 is 0 Å². The minimum atomic E-state index is 0.305. The molecule has 1 aromatic heterocycles. The van der Waals surface area contributed by atoms with Crippen molar-refractivity contribution in [3.05, 3.63) is 42.4 Å². The van der Waals surface area contributed by atoms with Gasteiger partial charge in [0.25, 0.3) is 0 Å². The van der Waals surface area contributed by atoms with Crippen molar-refractivity contribution in [3.63, 3.8) is 0 Å². The highest BCUT2D eigenvalue weighted by atomic mass is 16.4. The normalized spacial score (nSPS) is 22.8. The first kappa shape index (κ1) is 15.4. The molecule has 1 amide bonds. The maximum Gasteiger partial charge on any atom is 0.222 e. The van der Waals surface area contributed by atoms with Gasteiger partial charge in [0.15, 0.2) is 11.7 Å². The summed E-state index contributed by atoms with van der Waals surface area (Å²) in [5, 5.41) is 0. The van der Waals surface area contributed by atoms with Crippen LogP contribution in [0.15, 0.2) is 40.9 Å². The monoisotopic (exact) mass is 324 g/mol. The van der Waals surface area contributed by atoms with Crippen LogP contribution in [-0.2, 0) is 11.2 Å². The predicted molar refractivity (Wildman–Crippen MR) is 92.3 cm³/mol. The number of aryl methyl sites for hydroxylation is 1. The molecule has 1 aliphatic carbocycles. The number of carbonyl (C=O) groups excluding carboxylic acids is 1. The first-order chi connectivity index (χ1) is 11.8. The third kappa shape index (κ3) is 3.23. The molecule has 0 unspecified atom stereocenters. The topological polar surface area (TPSA) is 46.3 Å². The molecular formula is C20H24N2O2. The molecule has 24 heavy (non-hydrogen) atoms. The number of aromatic nitrogens is 1. The molecule has 0 spiro atoms. The first-order valence-electron chi connectivity index (χ1n) is 9.07. The van der Waals surface area contributed by atoms with E-state index in [4.69, 9.17) is 4.42 Å². The van der Waals surface area contributed by atoms with E-state index < -0.39 is 0 Å². The standard InChI is InChI=1S/C20H24N2O2/c23-20(22-13-16-8-4-9-17(16)14-22)11-5-10-19-21-12-18(24-19)15-6-2-1-3-7-15/h1-3,6-7,12,16-17H,4-5,8-11,13-14H2/t16-,17+. The van der Waals surface area contributed by atoms with E-state index in [1.54, 1.807) is 6.20 Å². The van der Waals surface area contributed by atoms with Crippen molar-refractivity contribution in [2.24, 2.45) is 11.8 Å². The summed E-state index contributed by atoms with van der Waals surface area (Å²) in [4.78, 5) is 18.8. The van der Waals surface area contributed by atoms with Gasteiger partial charge in [-0.3, -0.25) is 4.79 Å². The van der Waals surface area contributed by atoms with Crippen molar-refractivity contribution in [2.45, 2.75) is 38.5 Å². The average molecular weight is 324 g/mol. The minimum Gasteiger partial charge on any atom is -0.441 e. The Morgan fingerprint density at radius 2 is 1.92 bits per heavy atom. The van der Waals surface area contributed by atoms with Crippen molar-refractivity contribution >= 4 is 5.91 Å². The maximum atomic E-state index is 12.4. The SMILES string of the molecule is O=C(CCCc1ncc(-c2ccccc2)o1)N1C[C@H]2CCC[C@H]2C1. The molecule has 1 aromatic carbocycles. The van der Waals surface area contributed by atoms with Crippen LogP contribution in [0.3, 0.4) is 0 Å². The Bertz CT molecular complexity index is 683. The van der Waals surface area contributed by atoms with Crippen LogP contribution in [0.5, 0.6) is 0 Å². The van der Waals surface area contributed by atoms with Crippen LogP contribution >= 0.6 is 0 Å². The van der Waals surface area contributed by atoms with Crippen molar-refractivity contribution in [3.8, 4) is 11.3 Å². The van der Waals surface area contributed by atoms with Crippen molar-refractivity contribution in [1.29, 1.82) is 0 Å². The Balaban J connectivity index is 1.26. The number of benzene rings is 1. The van der Waals surface area contributed by atoms with Crippen molar-refractivity contribution < 1.29 is 9.21 Å². The van der Waals surface area contributed by atoms with Crippen LogP contribution < -0.4 is 0 Å². The summed E-state index contributed by atoms with van der Waals surface area (Å²) in [5.41, 5.74) is 1.04. The summed E-state index contributed by atoms with van der Waals surface area (Å²) < 4.78 is 5.80. The van der Waals surface area contributed by atoms with Crippen molar-refractivity contribution in [2.75, 3.05) is 13.1 Å². The summed E-state index contributed by atoms with van der Waals surface area (Å²) >= 11 is 0. The van der Waals surface area contributed by atoms with Crippen LogP contribution in [-0.4, -0.2) is 28.9 Å². The Labute approximate surface area is 142 Å². The molecule has 4 rings (SSSR count). The highest BCUT2D eigenvalue weighted by Gasteiger charge is 2.37. The first-order valence-corrected chi connectivity index (χ1v) is 9.07. The fraction of sp³-hybridized carbons (Fsp3) is 0.500. The number of hydrogen-bond donors (Lipinski definition) is 0. The van der Waals surface area contributed by atoms with Gasteiger partial charge >= 0.3 is 0 Å². The van der Waals surface area contributed by atoms with Gasteiger partial charge in [-0.05, 0) is 31.1 Å². The molecule has 2 aromatic rings. The summed E-state index contributed by atoms with van der Waals surface area (Å²) in [6.07, 6.45) is 7.88. The van der Waals surface area contributed by atoms with E-state index in [9.17, 15) is 4.79 Å². The molecule has 2 atom stereocenters. The summed E-state index contributed by atoms with van der Waals surface area (Å²) in [5.74, 6) is 3.37. The Morgan fingerprint density at radius 1 is 1.17 bits per heavy atom. The summed E-state index contributed by atoms with van der Waals surface area (Å²) in [7, 11) is 0. The van der Waals surface area contributed by atoms with Gasteiger partial charge in [0.1, 0.15) is 0 Å². The Morgan fingerprint density at radius 3 is 2.67 bits per heavy atom. The molecule has 2 fully saturated rings. The van der Waals surface area contributed by atoms with Crippen LogP contribution in [0.25, 0.3) is 11.3 Å². The van der Waals surface area contributed by atoms with E-state index in [-0.39, 0.29) is 0 Å². The van der Waals surface area contributed by atoms with Gasteiger partial charge in [-0.15, -0.1) is 0 Å². The van der Waals surface area contributed by atoms with E-state index in [1.165, 1.54) is 19.3 Å². The minimum absolute atomic E-state index is 0.305. The van der Waals surface area contributed by atoms with Crippen LogP contribution in [0, 0.1) is 11.8 Å². The average Bonchev–Trinajstić information content (AvgIpc) is 3.31. The van der Waals surface area contributed by atoms with Crippen LogP contribution in [0.1, 0.15) is 38.0 Å². The number of nitrogens with zero attached hydrogens (tertiary/aromatic N) is 2. The Kier molecular flexibility index (Phi) is 4.37. The largest absolute Gasteiger partial charge is 0.441 e. The number of hydrogen-bond acceptors (Lipinski definition) is 3. The van der Waals surface area contributed by atoms with E-state index in [1.807, 2.05) is 30.3 Å². The van der Waals surface area contributed by atoms with Crippen LogP contribution in [0.4, 0.5) is 0 Å². The number of carbonyl (C=O) groups is 1. The summed E-state index contributed by atoms with van der Waals surface area (Å²) in [6.45, 7) is 1.97. The second-order valence-electron chi connectivity index (χ2n) is 7.09. The Hall–Kier alpha value is -2.10. The third-order valence-electron chi connectivity index (χ3n) is 5.47. The molecular weight excluding hydrogens is 300 g/mol. The lowest BCUT2D eigenvalue weighted by molar-refractivity contribution is -0.130. The molecule has 2 heterocycles. The van der Waals surface area contributed by atoms with Gasteiger partial charge < -0.3 is 9.32 Å². The zero-order valence-corrected chi connectivity index (χ0v) is 14.0. The van der Waals surface area contributed by atoms with Crippen molar-refractivity contribution in [1.82, 2.24) is 9.88 Å². The quantitative estimate of drug-likeness (QED) is 0.837. The molecule has 2 aliphatic rings. The predicted octanol–water partition coefficient (Wildman–Crippen LogP) is 3.92. The van der Waals surface area contributed by atoms with Gasteiger partial charge in [-0.2, -0.15) is 0 Å². The molecule has 0 radical (unpaired) electrons. The van der Waals surface area contributed by atoms with Gasteiger partial charge in [-0.25, -0.2) is 4.98 Å². The molecule has 0 bridgehead atoms. The lowest BCUT2D eigenvalue weighted by Crippen LogP contribution is -2.29. The molecule has 1 saturated heterocycles. The van der Waals surface area contributed by atoms with Gasteiger partial charge in [0, 0.05) is 31.5 Å². The van der Waals surface area contributed by atoms with Gasteiger partial charge in [0.05, 0.1) is 6.20 Å². The van der Waals surface area contributed by atoms with E-state index in [2.05, 4.69) is 9.88 Å².